The lowest BCUT2D eigenvalue weighted by Crippen LogP contribution is -2.44. The number of nitrogens with zero attached hydrogens (tertiary/aromatic N) is 1. The van der Waals surface area contributed by atoms with Crippen LogP contribution < -0.4 is 4.72 Å². The first-order valence-corrected chi connectivity index (χ1v) is 8.11. The molecule has 1 heterocycles. The fourth-order valence-corrected chi connectivity index (χ4v) is 4.02. The monoisotopic (exact) mass is 301 g/mol. The van der Waals surface area contributed by atoms with E-state index in [1.807, 2.05) is 6.92 Å². The van der Waals surface area contributed by atoms with E-state index in [-0.39, 0.29) is 17.2 Å². The van der Waals surface area contributed by atoms with Crippen LogP contribution in [-0.2, 0) is 14.8 Å². The number of carbonyl (C=O) groups is 1. The zero-order valence-corrected chi connectivity index (χ0v) is 12.4. The molecule has 0 aromatic carbocycles. The molecular weight excluding hydrogens is 282 g/mol. The third-order valence-corrected chi connectivity index (χ3v) is 5.07. The number of esters is 1. The summed E-state index contributed by atoms with van der Waals surface area (Å²) < 4.78 is 32.3. The molecule has 0 amide bonds. The number of aromatic nitrogens is 2. The van der Waals surface area contributed by atoms with E-state index < -0.39 is 21.5 Å². The van der Waals surface area contributed by atoms with Gasteiger partial charge < -0.3 is 4.74 Å². The van der Waals surface area contributed by atoms with Crippen LogP contribution in [0.5, 0.6) is 0 Å². The highest BCUT2D eigenvalue weighted by Gasteiger charge is 2.36. The van der Waals surface area contributed by atoms with Crippen molar-refractivity contribution in [3.63, 3.8) is 0 Å². The van der Waals surface area contributed by atoms with Gasteiger partial charge in [0, 0.05) is 5.54 Å². The number of sulfonamides is 1. The molecule has 0 aliphatic heterocycles. The van der Waals surface area contributed by atoms with E-state index in [9.17, 15) is 13.2 Å². The Morgan fingerprint density at radius 2 is 2.15 bits per heavy atom. The van der Waals surface area contributed by atoms with Crippen molar-refractivity contribution in [2.45, 2.75) is 50.1 Å². The highest BCUT2D eigenvalue weighted by atomic mass is 32.2. The van der Waals surface area contributed by atoms with E-state index in [4.69, 9.17) is 4.74 Å². The van der Waals surface area contributed by atoms with Gasteiger partial charge in [-0.15, -0.1) is 0 Å². The van der Waals surface area contributed by atoms with Gasteiger partial charge in [-0.1, -0.05) is 12.8 Å². The molecule has 1 aliphatic rings. The number of hydrogen-bond acceptors (Lipinski definition) is 5. The van der Waals surface area contributed by atoms with Crippen LogP contribution >= 0.6 is 0 Å². The van der Waals surface area contributed by atoms with E-state index in [0.29, 0.717) is 0 Å². The van der Waals surface area contributed by atoms with Crippen molar-refractivity contribution < 1.29 is 17.9 Å². The number of rotatable bonds is 5. The largest absolute Gasteiger partial charge is 0.462 e. The maximum atomic E-state index is 12.4. The fraction of sp³-hybridized carbons (Fsp3) is 0.667. The Balaban J connectivity index is 2.26. The Morgan fingerprint density at radius 3 is 2.75 bits per heavy atom. The zero-order valence-electron chi connectivity index (χ0n) is 11.6. The number of aromatic amines is 1. The van der Waals surface area contributed by atoms with Crippen LogP contribution in [0.25, 0.3) is 0 Å². The van der Waals surface area contributed by atoms with Crippen molar-refractivity contribution in [1.29, 1.82) is 0 Å². The average Bonchev–Trinajstić information content (AvgIpc) is 2.97. The predicted molar refractivity (Wildman–Crippen MR) is 71.7 cm³/mol. The SMILES string of the molecule is CCOC(=O)c1cn[nH]c1S(=O)(=O)NC1(C)CCCC1. The van der Waals surface area contributed by atoms with Crippen molar-refractivity contribution in [3.05, 3.63) is 11.8 Å². The molecule has 1 saturated carbocycles. The first kappa shape index (κ1) is 15.0. The third-order valence-electron chi connectivity index (χ3n) is 3.46. The molecule has 8 heteroatoms. The minimum Gasteiger partial charge on any atom is -0.462 e. The Morgan fingerprint density at radius 1 is 1.50 bits per heavy atom. The van der Waals surface area contributed by atoms with Crippen LogP contribution in [0.2, 0.25) is 0 Å². The second kappa shape index (κ2) is 5.53. The molecule has 0 unspecified atom stereocenters. The Labute approximate surface area is 118 Å². The van der Waals surface area contributed by atoms with Gasteiger partial charge in [-0.3, -0.25) is 5.10 Å². The second-order valence-corrected chi connectivity index (χ2v) is 6.83. The summed E-state index contributed by atoms with van der Waals surface area (Å²) >= 11 is 0. The van der Waals surface area contributed by atoms with Crippen molar-refractivity contribution >= 4 is 16.0 Å². The van der Waals surface area contributed by atoms with Gasteiger partial charge in [-0.2, -0.15) is 5.10 Å². The van der Waals surface area contributed by atoms with Crippen molar-refractivity contribution in [2.75, 3.05) is 6.61 Å². The molecule has 20 heavy (non-hydrogen) atoms. The van der Waals surface area contributed by atoms with Gasteiger partial charge in [0.15, 0.2) is 5.03 Å². The van der Waals surface area contributed by atoms with Gasteiger partial charge in [0.1, 0.15) is 5.56 Å². The fourth-order valence-electron chi connectivity index (χ4n) is 2.47. The molecule has 1 aliphatic carbocycles. The minimum atomic E-state index is -3.82. The lowest BCUT2D eigenvalue weighted by Gasteiger charge is -2.24. The highest BCUT2D eigenvalue weighted by molar-refractivity contribution is 7.89. The van der Waals surface area contributed by atoms with Crippen LogP contribution in [0.3, 0.4) is 0 Å². The second-order valence-electron chi connectivity index (χ2n) is 5.21. The molecule has 0 bridgehead atoms. The highest BCUT2D eigenvalue weighted by Crippen LogP contribution is 2.30. The summed E-state index contributed by atoms with van der Waals surface area (Å²) in [6.45, 7) is 3.70. The average molecular weight is 301 g/mol. The molecule has 0 atom stereocenters. The molecule has 7 nitrogen and oxygen atoms in total. The quantitative estimate of drug-likeness (QED) is 0.796. The number of nitrogens with one attached hydrogen (secondary N) is 2. The molecule has 2 N–H and O–H groups in total. The van der Waals surface area contributed by atoms with E-state index >= 15 is 0 Å². The summed E-state index contributed by atoms with van der Waals surface area (Å²) in [5, 5.41) is 5.79. The van der Waals surface area contributed by atoms with Gasteiger partial charge >= 0.3 is 5.97 Å². The third kappa shape index (κ3) is 3.01. The predicted octanol–water partition coefficient (Wildman–Crippen LogP) is 1.20. The molecule has 1 aromatic heterocycles. The zero-order chi connectivity index (χ0) is 14.8. The van der Waals surface area contributed by atoms with Crippen LogP contribution in [0, 0.1) is 0 Å². The molecule has 1 fully saturated rings. The first-order chi connectivity index (χ1) is 9.38. The summed E-state index contributed by atoms with van der Waals surface area (Å²) in [4.78, 5) is 11.7. The number of carbonyl (C=O) groups excluding carboxylic acids is 1. The van der Waals surface area contributed by atoms with Gasteiger partial charge in [0.05, 0.1) is 12.8 Å². The van der Waals surface area contributed by atoms with Gasteiger partial charge in [-0.25, -0.2) is 17.9 Å². The van der Waals surface area contributed by atoms with E-state index in [1.165, 1.54) is 6.20 Å². The van der Waals surface area contributed by atoms with E-state index in [0.717, 1.165) is 25.7 Å². The van der Waals surface area contributed by atoms with E-state index in [1.54, 1.807) is 6.92 Å². The van der Waals surface area contributed by atoms with Crippen LogP contribution in [0.15, 0.2) is 11.2 Å². The summed E-state index contributed by atoms with van der Waals surface area (Å²) in [5.74, 6) is -0.696. The lowest BCUT2D eigenvalue weighted by molar-refractivity contribution is 0.0521. The first-order valence-electron chi connectivity index (χ1n) is 6.62. The Hall–Kier alpha value is -1.41. The van der Waals surface area contributed by atoms with E-state index in [2.05, 4.69) is 14.9 Å². The lowest BCUT2D eigenvalue weighted by atomic mass is 10.0. The molecular formula is C12H19N3O4S. The number of H-pyrrole nitrogens is 1. The van der Waals surface area contributed by atoms with Gasteiger partial charge in [0.2, 0.25) is 0 Å². The smallest absolute Gasteiger partial charge is 0.342 e. The molecule has 0 saturated heterocycles. The summed E-state index contributed by atoms with van der Waals surface area (Å²) in [7, 11) is -3.82. The Kier molecular flexibility index (Phi) is 4.14. The standard InChI is InChI=1S/C12H19N3O4S/c1-3-19-11(16)9-8-13-14-10(9)20(17,18)15-12(2)6-4-5-7-12/h8,15H,3-7H2,1-2H3,(H,13,14). The number of ether oxygens (including phenoxy) is 1. The normalized spacial score (nSPS) is 18.1. The van der Waals surface area contributed by atoms with Crippen LogP contribution in [0.4, 0.5) is 0 Å². The van der Waals surface area contributed by atoms with Gasteiger partial charge in [0.25, 0.3) is 10.0 Å². The number of hydrogen-bond donors (Lipinski definition) is 2. The topological polar surface area (TPSA) is 101 Å². The van der Waals surface area contributed by atoms with Crippen molar-refractivity contribution in [3.8, 4) is 0 Å². The Bertz CT molecular complexity index is 588. The molecule has 2 rings (SSSR count). The molecule has 1 aromatic rings. The van der Waals surface area contributed by atoms with Crippen LogP contribution in [0.1, 0.15) is 49.9 Å². The summed E-state index contributed by atoms with van der Waals surface area (Å²) in [6.07, 6.45) is 4.73. The molecule has 0 radical (unpaired) electrons. The maximum absolute atomic E-state index is 12.4. The van der Waals surface area contributed by atoms with Crippen LogP contribution in [-0.4, -0.2) is 36.7 Å². The van der Waals surface area contributed by atoms with Gasteiger partial charge in [-0.05, 0) is 26.7 Å². The van der Waals surface area contributed by atoms with Crippen molar-refractivity contribution in [2.24, 2.45) is 0 Å². The minimum absolute atomic E-state index is 0.0686. The molecule has 112 valence electrons. The maximum Gasteiger partial charge on any atom is 0.342 e. The summed E-state index contributed by atoms with van der Waals surface area (Å²) in [6, 6.07) is 0. The molecule has 0 spiro atoms. The van der Waals surface area contributed by atoms with Crippen molar-refractivity contribution in [1.82, 2.24) is 14.9 Å². The summed E-state index contributed by atoms with van der Waals surface area (Å²) in [5.41, 5.74) is -0.531.